The maximum atomic E-state index is 8.71. The second kappa shape index (κ2) is 8.22. The number of hydrogen-bond donors (Lipinski definition) is 1. The van der Waals surface area contributed by atoms with E-state index in [1.807, 2.05) is 11.3 Å². The molecule has 23 heavy (non-hydrogen) atoms. The fourth-order valence-electron chi connectivity index (χ4n) is 3.17. The molecule has 0 bridgehead atoms. The summed E-state index contributed by atoms with van der Waals surface area (Å²) in [5.74, 6) is 0. The zero-order valence-electron chi connectivity index (χ0n) is 13.8. The number of fused-ring (bicyclic) bond motifs is 1. The number of benzene rings is 1. The summed E-state index contributed by atoms with van der Waals surface area (Å²) in [5, 5.41) is 10.1. The van der Waals surface area contributed by atoms with E-state index in [0.29, 0.717) is 6.61 Å². The van der Waals surface area contributed by atoms with E-state index in [1.165, 1.54) is 20.5 Å². The van der Waals surface area contributed by atoms with E-state index in [0.717, 1.165) is 45.9 Å². The number of nitrogens with zero attached hydrogens (tertiary/aromatic N) is 2. The quantitative estimate of drug-likeness (QED) is 0.789. The minimum atomic E-state index is 0.113. The average Bonchev–Trinajstić information content (AvgIpc) is 2.89. The summed E-state index contributed by atoms with van der Waals surface area (Å²) in [7, 11) is 0. The van der Waals surface area contributed by atoms with Crippen molar-refractivity contribution in [3.05, 3.63) is 34.7 Å². The topological polar surface area (TPSA) is 35.9 Å². The van der Waals surface area contributed by atoms with Gasteiger partial charge in [-0.15, -0.1) is 11.3 Å². The predicted molar refractivity (Wildman–Crippen MR) is 96.2 cm³/mol. The van der Waals surface area contributed by atoms with Gasteiger partial charge in [0.1, 0.15) is 0 Å². The molecule has 0 radical (unpaired) electrons. The minimum Gasteiger partial charge on any atom is -0.394 e. The normalized spacial score (nSPS) is 17.1. The number of hydrogen-bond acceptors (Lipinski definition) is 5. The fraction of sp³-hybridized carbons (Fsp3) is 0.556. The maximum Gasteiger partial charge on any atom is 0.0698 e. The summed E-state index contributed by atoms with van der Waals surface area (Å²) < 4.78 is 6.76. The lowest BCUT2D eigenvalue weighted by Gasteiger charge is -2.34. The van der Waals surface area contributed by atoms with Gasteiger partial charge in [-0.25, -0.2) is 0 Å². The van der Waals surface area contributed by atoms with Crippen LogP contribution < -0.4 is 0 Å². The van der Waals surface area contributed by atoms with Crippen LogP contribution in [-0.4, -0.2) is 67.5 Å². The zero-order valence-corrected chi connectivity index (χ0v) is 14.6. The van der Waals surface area contributed by atoms with Crippen molar-refractivity contribution in [3.63, 3.8) is 0 Å². The first-order valence-corrected chi connectivity index (χ1v) is 9.20. The standard InChI is InChI=1S/C18H26N2O2S/c1-15-17(16-4-2-3-5-18(16)23-15)14-20-8-6-19(7-9-20)10-12-22-13-11-21/h2-5,21H,6-14H2,1H3. The smallest absolute Gasteiger partial charge is 0.0698 e. The summed E-state index contributed by atoms with van der Waals surface area (Å²) in [6.07, 6.45) is 0. The molecule has 1 aliphatic heterocycles. The van der Waals surface area contributed by atoms with Gasteiger partial charge in [0.15, 0.2) is 0 Å². The van der Waals surface area contributed by atoms with Crippen LogP contribution in [0.4, 0.5) is 0 Å². The number of rotatable bonds is 7. The van der Waals surface area contributed by atoms with E-state index in [4.69, 9.17) is 9.84 Å². The summed E-state index contributed by atoms with van der Waals surface area (Å²) in [6, 6.07) is 8.74. The lowest BCUT2D eigenvalue weighted by Crippen LogP contribution is -2.46. The molecule has 0 amide bonds. The Kier molecular flexibility index (Phi) is 6.02. The fourth-order valence-corrected chi connectivity index (χ4v) is 4.25. The van der Waals surface area contributed by atoms with Crippen LogP contribution in [0.1, 0.15) is 10.4 Å². The van der Waals surface area contributed by atoms with E-state index in [-0.39, 0.29) is 6.61 Å². The molecule has 1 aromatic carbocycles. The minimum absolute atomic E-state index is 0.113. The van der Waals surface area contributed by atoms with Crippen LogP contribution in [0.5, 0.6) is 0 Å². The molecule has 1 aliphatic rings. The number of thiophene rings is 1. The number of aliphatic hydroxyl groups is 1. The third-order valence-electron chi connectivity index (χ3n) is 4.53. The molecule has 1 saturated heterocycles. The average molecular weight is 334 g/mol. The Balaban J connectivity index is 1.51. The lowest BCUT2D eigenvalue weighted by atomic mass is 10.1. The number of aryl methyl sites for hydroxylation is 1. The molecule has 0 spiro atoms. The molecule has 1 fully saturated rings. The molecule has 0 saturated carbocycles. The monoisotopic (exact) mass is 334 g/mol. The number of ether oxygens (including phenoxy) is 1. The van der Waals surface area contributed by atoms with Gasteiger partial charge < -0.3 is 9.84 Å². The molecule has 0 atom stereocenters. The second-order valence-electron chi connectivity index (χ2n) is 6.09. The largest absolute Gasteiger partial charge is 0.394 e. The van der Waals surface area contributed by atoms with Gasteiger partial charge in [0.2, 0.25) is 0 Å². The van der Waals surface area contributed by atoms with Crippen LogP contribution >= 0.6 is 11.3 Å². The van der Waals surface area contributed by atoms with Crippen LogP contribution in [-0.2, 0) is 11.3 Å². The molecule has 2 heterocycles. The molecule has 126 valence electrons. The maximum absolute atomic E-state index is 8.71. The van der Waals surface area contributed by atoms with Crippen LogP contribution in [0.15, 0.2) is 24.3 Å². The van der Waals surface area contributed by atoms with Gasteiger partial charge in [-0.1, -0.05) is 18.2 Å². The van der Waals surface area contributed by atoms with Crippen molar-refractivity contribution in [2.24, 2.45) is 0 Å². The molecule has 5 heteroatoms. The van der Waals surface area contributed by atoms with Crippen molar-refractivity contribution in [2.75, 3.05) is 52.5 Å². The molecular weight excluding hydrogens is 308 g/mol. The Bertz CT molecular complexity index is 621. The van der Waals surface area contributed by atoms with Gasteiger partial charge in [0.05, 0.1) is 19.8 Å². The van der Waals surface area contributed by atoms with Gasteiger partial charge in [-0.05, 0) is 23.9 Å². The summed E-state index contributed by atoms with van der Waals surface area (Å²) in [4.78, 5) is 6.46. The van der Waals surface area contributed by atoms with E-state index in [1.54, 1.807) is 0 Å². The van der Waals surface area contributed by atoms with Gasteiger partial charge in [0, 0.05) is 48.8 Å². The zero-order chi connectivity index (χ0) is 16.1. The van der Waals surface area contributed by atoms with E-state index in [2.05, 4.69) is 41.0 Å². The Morgan fingerprint density at radius 3 is 2.61 bits per heavy atom. The first-order valence-electron chi connectivity index (χ1n) is 8.38. The van der Waals surface area contributed by atoms with Crippen LogP contribution in [0, 0.1) is 6.92 Å². The third kappa shape index (κ3) is 4.31. The lowest BCUT2D eigenvalue weighted by molar-refractivity contribution is 0.0564. The summed E-state index contributed by atoms with van der Waals surface area (Å²) in [5.41, 5.74) is 1.50. The summed E-state index contributed by atoms with van der Waals surface area (Å²) >= 11 is 1.91. The molecule has 4 nitrogen and oxygen atoms in total. The number of aliphatic hydroxyl groups excluding tert-OH is 1. The molecule has 0 unspecified atom stereocenters. The highest BCUT2D eigenvalue weighted by Crippen LogP contribution is 2.31. The highest BCUT2D eigenvalue weighted by atomic mass is 32.1. The van der Waals surface area contributed by atoms with Gasteiger partial charge in [0.25, 0.3) is 0 Å². The van der Waals surface area contributed by atoms with Gasteiger partial charge in [-0.2, -0.15) is 0 Å². The number of piperazine rings is 1. The van der Waals surface area contributed by atoms with Gasteiger partial charge >= 0.3 is 0 Å². The highest BCUT2D eigenvalue weighted by Gasteiger charge is 2.19. The van der Waals surface area contributed by atoms with Crippen molar-refractivity contribution in [3.8, 4) is 0 Å². The second-order valence-corrected chi connectivity index (χ2v) is 7.34. The Labute approximate surface area is 142 Å². The van der Waals surface area contributed by atoms with Crippen LogP contribution in [0.3, 0.4) is 0 Å². The van der Waals surface area contributed by atoms with Crippen molar-refractivity contribution in [1.82, 2.24) is 9.80 Å². The van der Waals surface area contributed by atoms with Crippen molar-refractivity contribution in [2.45, 2.75) is 13.5 Å². The molecular formula is C18H26N2O2S. The molecule has 1 N–H and O–H groups in total. The molecule has 1 aromatic heterocycles. The molecule has 3 rings (SSSR count). The summed E-state index contributed by atoms with van der Waals surface area (Å²) in [6.45, 7) is 9.98. The van der Waals surface area contributed by atoms with Crippen molar-refractivity contribution >= 4 is 21.4 Å². The van der Waals surface area contributed by atoms with Gasteiger partial charge in [-0.3, -0.25) is 9.80 Å². The molecule has 0 aliphatic carbocycles. The third-order valence-corrected chi connectivity index (χ3v) is 5.66. The van der Waals surface area contributed by atoms with E-state index in [9.17, 15) is 0 Å². The Morgan fingerprint density at radius 2 is 1.83 bits per heavy atom. The first kappa shape index (κ1) is 16.9. The molecule has 2 aromatic rings. The highest BCUT2D eigenvalue weighted by molar-refractivity contribution is 7.19. The SMILES string of the molecule is Cc1sc2ccccc2c1CN1CCN(CCOCCO)CC1. The van der Waals surface area contributed by atoms with E-state index >= 15 is 0 Å². The Hall–Kier alpha value is -0.980. The van der Waals surface area contributed by atoms with Crippen molar-refractivity contribution < 1.29 is 9.84 Å². The first-order chi connectivity index (χ1) is 11.3. The van der Waals surface area contributed by atoms with E-state index < -0.39 is 0 Å². The predicted octanol–water partition coefficient (Wildman–Crippen LogP) is 2.34. The Morgan fingerprint density at radius 1 is 1.09 bits per heavy atom. The van der Waals surface area contributed by atoms with Crippen LogP contribution in [0.25, 0.3) is 10.1 Å². The van der Waals surface area contributed by atoms with Crippen molar-refractivity contribution in [1.29, 1.82) is 0 Å². The van der Waals surface area contributed by atoms with Crippen LogP contribution in [0.2, 0.25) is 0 Å².